The molecule has 5 heteroatoms. The average Bonchev–Trinajstić information content (AvgIpc) is 2.24. The molecule has 0 aliphatic carbocycles. The summed E-state index contributed by atoms with van der Waals surface area (Å²) in [5.74, 6) is 0. The van der Waals surface area contributed by atoms with E-state index in [1.165, 1.54) is 0 Å². The third-order valence-electron chi connectivity index (χ3n) is 2.05. The summed E-state index contributed by atoms with van der Waals surface area (Å²) in [5, 5.41) is 13.2. The van der Waals surface area contributed by atoms with E-state index in [-0.39, 0.29) is 0 Å². The summed E-state index contributed by atoms with van der Waals surface area (Å²) in [5.41, 5.74) is 1.11. The summed E-state index contributed by atoms with van der Waals surface area (Å²) in [6, 6.07) is 5.75. The van der Waals surface area contributed by atoms with Gasteiger partial charge in [-0.2, -0.15) is 0 Å². The molecule has 90 valence electrons. The predicted octanol–water partition coefficient (Wildman–Crippen LogP) is 2.20. The summed E-state index contributed by atoms with van der Waals surface area (Å²) < 4.78 is 5.71. The number of hydrogen-bond acceptors (Lipinski definition) is 3. The molecule has 0 aliphatic heterocycles. The first-order valence-corrected chi connectivity index (χ1v) is 6.12. The average molecular weight is 309 g/mol. The Hall–Kier alpha value is -0.130. The van der Waals surface area contributed by atoms with Crippen LogP contribution in [0.1, 0.15) is 5.56 Å². The van der Waals surface area contributed by atoms with E-state index in [1.54, 1.807) is 7.11 Å². The number of benzene rings is 1. The normalized spacial score (nSPS) is 12.8. The molecule has 0 bridgehead atoms. The Morgan fingerprint density at radius 1 is 1.56 bits per heavy atom. The number of aliphatic hydroxyl groups excluding tert-OH is 1. The standard InChI is InChI=1S/C11H15BrClNO2/c1-16-7-9(15)6-14-5-8-2-3-11(13)10(12)4-8/h2-4,9,14-15H,5-7H2,1H3. The van der Waals surface area contributed by atoms with Crippen molar-refractivity contribution in [2.45, 2.75) is 12.6 Å². The largest absolute Gasteiger partial charge is 0.389 e. The molecule has 0 radical (unpaired) electrons. The van der Waals surface area contributed by atoms with E-state index in [4.69, 9.17) is 16.3 Å². The van der Waals surface area contributed by atoms with Crippen LogP contribution in [0, 0.1) is 0 Å². The van der Waals surface area contributed by atoms with E-state index in [2.05, 4.69) is 21.2 Å². The van der Waals surface area contributed by atoms with Crippen LogP contribution in [0.2, 0.25) is 5.02 Å². The maximum atomic E-state index is 9.41. The number of ether oxygens (including phenoxy) is 1. The molecule has 0 saturated carbocycles. The van der Waals surface area contributed by atoms with Gasteiger partial charge >= 0.3 is 0 Å². The van der Waals surface area contributed by atoms with Gasteiger partial charge < -0.3 is 15.2 Å². The van der Waals surface area contributed by atoms with Gasteiger partial charge in [-0.3, -0.25) is 0 Å². The van der Waals surface area contributed by atoms with Crippen LogP contribution in [-0.2, 0) is 11.3 Å². The number of halogens is 2. The molecule has 16 heavy (non-hydrogen) atoms. The fourth-order valence-corrected chi connectivity index (χ4v) is 1.83. The number of rotatable bonds is 6. The van der Waals surface area contributed by atoms with Crippen molar-refractivity contribution in [1.29, 1.82) is 0 Å². The summed E-state index contributed by atoms with van der Waals surface area (Å²) in [6.45, 7) is 1.54. The van der Waals surface area contributed by atoms with Gasteiger partial charge in [-0.1, -0.05) is 17.7 Å². The van der Waals surface area contributed by atoms with Crippen LogP contribution in [0.5, 0.6) is 0 Å². The molecule has 1 rings (SSSR count). The Balaban J connectivity index is 2.34. The SMILES string of the molecule is COCC(O)CNCc1ccc(Cl)c(Br)c1. The molecule has 0 amide bonds. The number of aliphatic hydroxyl groups is 1. The lowest BCUT2D eigenvalue weighted by Crippen LogP contribution is -2.29. The van der Waals surface area contributed by atoms with Crippen molar-refractivity contribution in [3.63, 3.8) is 0 Å². The van der Waals surface area contributed by atoms with Crippen LogP contribution in [0.25, 0.3) is 0 Å². The predicted molar refractivity (Wildman–Crippen MR) is 68.7 cm³/mol. The van der Waals surface area contributed by atoms with Crippen molar-refractivity contribution in [3.05, 3.63) is 33.3 Å². The van der Waals surface area contributed by atoms with Crippen molar-refractivity contribution < 1.29 is 9.84 Å². The van der Waals surface area contributed by atoms with Gasteiger partial charge in [0.05, 0.1) is 17.7 Å². The molecule has 2 N–H and O–H groups in total. The second kappa shape index (κ2) is 7.25. The van der Waals surface area contributed by atoms with E-state index in [0.29, 0.717) is 24.7 Å². The molecule has 1 aromatic carbocycles. The molecule has 3 nitrogen and oxygen atoms in total. The van der Waals surface area contributed by atoms with Crippen molar-refractivity contribution in [2.24, 2.45) is 0 Å². The monoisotopic (exact) mass is 307 g/mol. The van der Waals surface area contributed by atoms with Crippen molar-refractivity contribution in [1.82, 2.24) is 5.32 Å². The Kier molecular flexibility index (Phi) is 6.31. The molecule has 0 aliphatic rings. The van der Waals surface area contributed by atoms with Gasteiger partial charge in [0, 0.05) is 24.7 Å². The van der Waals surface area contributed by atoms with E-state index < -0.39 is 6.10 Å². The van der Waals surface area contributed by atoms with E-state index in [0.717, 1.165) is 10.0 Å². The molecule has 0 saturated heterocycles. The Bertz CT molecular complexity index is 336. The first kappa shape index (κ1) is 13.9. The number of nitrogens with one attached hydrogen (secondary N) is 1. The summed E-state index contributed by atoms with van der Waals surface area (Å²) in [7, 11) is 1.57. The molecule has 1 atom stereocenters. The van der Waals surface area contributed by atoms with Gasteiger partial charge in [0.15, 0.2) is 0 Å². The van der Waals surface area contributed by atoms with Crippen LogP contribution < -0.4 is 5.32 Å². The van der Waals surface area contributed by atoms with Crippen LogP contribution in [0.15, 0.2) is 22.7 Å². The summed E-state index contributed by atoms with van der Waals surface area (Å²) >= 11 is 9.25. The third kappa shape index (κ3) is 4.80. The van der Waals surface area contributed by atoms with Crippen LogP contribution in [-0.4, -0.2) is 31.5 Å². The van der Waals surface area contributed by atoms with Gasteiger partial charge in [-0.05, 0) is 33.6 Å². The Morgan fingerprint density at radius 3 is 2.94 bits per heavy atom. The zero-order valence-electron chi connectivity index (χ0n) is 9.04. The minimum Gasteiger partial charge on any atom is -0.389 e. The lowest BCUT2D eigenvalue weighted by molar-refractivity contribution is 0.0644. The lowest BCUT2D eigenvalue weighted by atomic mass is 10.2. The fraction of sp³-hybridized carbons (Fsp3) is 0.455. The van der Waals surface area contributed by atoms with Crippen molar-refractivity contribution >= 4 is 27.5 Å². The third-order valence-corrected chi connectivity index (χ3v) is 3.27. The van der Waals surface area contributed by atoms with Crippen LogP contribution in [0.4, 0.5) is 0 Å². The highest BCUT2D eigenvalue weighted by Crippen LogP contribution is 2.22. The Labute approximate surface area is 109 Å². The molecule has 1 aromatic rings. The van der Waals surface area contributed by atoms with E-state index in [9.17, 15) is 5.11 Å². The summed E-state index contributed by atoms with van der Waals surface area (Å²) in [6.07, 6.45) is -0.472. The summed E-state index contributed by atoms with van der Waals surface area (Å²) in [4.78, 5) is 0. The van der Waals surface area contributed by atoms with Gasteiger partial charge in [-0.25, -0.2) is 0 Å². The van der Waals surface area contributed by atoms with E-state index in [1.807, 2.05) is 18.2 Å². The van der Waals surface area contributed by atoms with Gasteiger partial charge in [0.2, 0.25) is 0 Å². The quantitative estimate of drug-likeness (QED) is 0.846. The van der Waals surface area contributed by atoms with E-state index >= 15 is 0 Å². The highest BCUT2D eigenvalue weighted by molar-refractivity contribution is 9.10. The molecule has 0 heterocycles. The second-order valence-electron chi connectivity index (χ2n) is 3.49. The molecule has 0 fully saturated rings. The zero-order valence-corrected chi connectivity index (χ0v) is 11.4. The minimum absolute atomic E-state index is 0.345. The van der Waals surface area contributed by atoms with Gasteiger partial charge in [0.1, 0.15) is 0 Å². The first-order chi connectivity index (χ1) is 7.63. The second-order valence-corrected chi connectivity index (χ2v) is 4.75. The molecular weight excluding hydrogens is 293 g/mol. The number of hydrogen-bond donors (Lipinski definition) is 2. The zero-order chi connectivity index (χ0) is 12.0. The van der Waals surface area contributed by atoms with Crippen LogP contribution in [0.3, 0.4) is 0 Å². The topological polar surface area (TPSA) is 41.5 Å². The fourth-order valence-electron chi connectivity index (χ4n) is 1.28. The highest BCUT2D eigenvalue weighted by Gasteiger charge is 2.03. The molecule has 0 aromatic heterocycles. The number of methoxy groups -OCH3 is 1. The highest BCUT2D eigenvalue weighted by atomic mass is 79.9. The maximum absolute atomic E-state index is 9.41. The lowest BCUT2D eigenvalue weighted by Gasteiger charge is -2.11. The smallest absolute Gasteiger partial charge is 0.0897 e. The maximum Gasteiger partial charge on any atom is 0.0897 e. The van der Waals surface area contributed by atoms with Gasteiger partial charge in [0.25, 0.3) is 0 Å². The Morgan fingerprint density at radius 2 is 2.31 bits per heavy atom. The molecule has 1 unspecified atom stereocenters. The van der Waals surface area contributed by atoms with Crippen molar-refractivity contribution in [2.75, 3.05) is 20.3 Å². The van der Waals surface area contributed by atoms with Crippen LogP contribution >= 0.6 is 27.5 Å². The molecule has 0 spiro atoms. The van der Waals surface area contributed by atoms with Crippen molar-refractivity contribution in [3.8, 4) is 0 Å². The first-order valence-electron chi connectivity index (χ1n) is 4.95. The minimum atomic E-state index is -0.472. The van der Waals surface area contributed by atoms with Gasteiger partial charge in [-0.15, -0.1) is 0 Å². The molecular formula is C11H15BrClNO2.